The number of hydrogen-bond donors (Lipinski definition) is 0. The normalized spacial score (nSPS) is 13.8. The van der Waals surface area contributed by atoms with Crippen LogP contribution in [-0.4, -0.2) is 5.48 Å². The Labute approximate surface area is 143 Å². The van der Waals surface area contributed by atoms with Gasteiger partial charge in [-0.1, -0.05) is 78.4 Å². The molecular weight excluding hydrogens is 292 g/mol. The summed E-state index contributed by atoms with van der Waals surface area (Å²) >= 11 is 0. The highest BCUT2D eigenvalue weighted by molar-refractivity contribution is 6.03. The molecule has 120 valence electrons. The van der Waals surface area contributed by atoms with Crippen molar-refractivity contribution in [3.05, 3.63) is 89.5 Å². The Morgan fingerprint density at radius 1 is 0.750 bits per heavy atom. The molecule has 24 heavy (non-hydrogen) atoms. The molecule has 2 N–H and O–H groups in total. The summed E-state index contributed by atoms with van der Waals surface area (Å²) in [5, 5.41) is 2.64. The van der Waals surface area contributed by atoms with E-state index in [1.165, 1.54) is 44.2 Å². The first-order valence-corrected chi connectivity index (χ1v) is 8.20. The average Bonchev–Trinajstić information content (AvgIpc) is 2.94. The highest BCUT2D eigenvalue weighted by Gasteiger charge is 2.18. The topological polar surface area (TPSA) is 31.5 Å². The Balaban J connectivity index is 0.00000169. The van der Waals surface area contributed by atoms with Crippen LogP contribution in [0.4, 0.5) is 0 Å². The molecule has 0 bridgehead atoms. The summed E-state index contributed by atoms with van der Waals surface area (Å²) in [7, 11) is 0. The van der Waals surface area contributed by atoms with Gasteiger partial charge in [-0.25, -0.2) is 0 Å². The van der Waals surface area contributed by atoms with E-state index in [1.54, 1.807) is 0 Å². The first-order valence-electron chi connectivity index (χ1n) is 8.20. The fourth-order valence-corrected chi connectivity index (χ4v) is 3.55. The summed E-state index contributed by atoms with van der Waals surface area (Å²) in [6, 6.07) is 24.0. The van der Waals surface area contributed by atoms with Crippen LogP contribution in [0.25, 0.3) is 27.5 Å². The first-order chi connectivity index (χ1) is 11.3. The van der Waals surface area contributed by atoms with Gasteiger partial charge in [0, 0.05) is 0 Å². The van der Waals surface area contributed by atoms with Crippen molar-refractivity contribution >= 4 is 16.3 Å². The van der Waals surface area contributed by atoms with Crippen molar-refractivity contribution in [2.24, 2.45) is 0 Å². The summed E-state index contributed by atoms with van der Waals surface area (Å²) in [5.41, 5.74) is 8.34. The van der Waals surface area contributed by atoms with Crippen LogP contribution in [-0.2, 0) is 0 Å². The maximum Gasteiger partial charge on any atom is -0.00299 e. The number of hydrogen-bond acceptors (Lipinski definition) is 0. The van der Waals surface area contributed by atoms with E-state index in [2.05, 4.69) is 86.7 Å². The summed E-state index contributed by atoms with van der Waals surface area (Å²) < 4.78 is 0. The molecule has 0 unspecified atom stereocenters. The van der Waals surface area contributed by atoms with Crippen molar-refractivity contribution in [1.82, 2.24) is 0 Å². The largest absolute Gasteiger partial charge is 0.412 e. The molecule has 1 heteroatoms. The molecule has 0 saturated carbocycles. The molecule has 1 aliphatic carbocycles. The maximum atomic E-state index is 2.34. The van der Waals surface area contributed by atoms with Gasteiger partial charge in [0.2, 0.25) is 0 Å². The molecule has 0 aliphatic heterocycles. The zero-order chi connectivity index (χ0) is 15.8. The predicted octanol–water partition coefficient (Wildman–Crippen LogP) is 5.81. The molecule has 0 radical (unpaired) electrons. The highest BCUT2D eigenvalue weighted by Crippen LogP contribution is 2.41. The van der Waals surface area contributed by atoms with Gasteiger partial charge in [0.1, 0.15) is 0 Å². The van der Waals surface area contributed by atoms with Gasteiger partial charge in [-0.3, -0.25) is 0 Å². The third-order valence-corrected chi connectivity index (χ3v) is 4.97. The lowest BCUT2D eigenvalue weighted by Gasteiger charge is -2.16. The Morgan fingerprint density at radius 2 is 1.46 bits per heavy atom. The van der Waals surface area contributed by atoms with E-state index in [0.717, 1.165) is 6.42 Å². The van der Waals surface area contributed by atoms with Gasteiger partial charge in [0.05, 0.1) is 0 Å². The van der Waals surface area contributed by atoms with Crippen LogP contribution >= 0.6 is 0 Å². The first kappa shape index (κ1) is 16.2. The van der Waals surface area contributed by atoms with Gasteiger partial charge in [-0.05, 0) is 58.9 Å². The SMILES string of the molecule is CC1=CCC(c2ccc3ccccc3c2-c2ccccc2)=C1C.O. The molecule has 0 heterocycles. The second-order valence-corrected chi connectivity index (χ2v) is 6.27. The molecule has 0 spiro atoms. The fourth-order valence-electron chi connectivity index (χ4n) is 3.55. The summed E-state index contributed by atoms with van der Waals surface area (Å²) in [6.45, 7) is 4.46. The van der Waals surface area contributed by atoms with Gasteiger partial charge < -0.3 is 5.48 Å². The van der Waals surface area contributed by atoms with Crippen molar-refractivity contribution in [1.29, 1.82) is 0 Å². The molecule has 0 amide bonds. The Bertz CT molecular complexity index is 946. The monoisotopic (exact) mass is 314 g/mol. The van der Waals surface area contributed by atoms with E-state index in [-0.39, 0.29) is 5.48 Å². The number of rotatable bonds is 2. The lowest BCUT2D eigenvalue weighted by molar-refractivity contribution is 0.824. The zero-order valence-corrected chi connectivity index (χ0v) is 14.1. The molecular formula is C23H22O. The van der Waals surface area contributed by atoms with Gasteiger partial charge in [0.25, 0.3) is 0 Å². The number of allylic oxidation sites excluding steroid dienone is 4. The summed E-state index contributed by atoms with van der Waals surface area (Å²) in [6.07, 6.45) is 3.38. The third kappa shape index (κ3) is 2.57. The van der Waals surface area contributed by atoms with Crippen molar-refractivity contribution < 1.29 is 5.48 Å². The second kappa shape index (κ2) is 6.46. The van der Waals surface area contributed by atoms with E-state index in [4.69, 9.17) is 0 Å². The van der Waals surface area contributed by atoms with Crippen LogP contribution in [0.1, 0.15) is 25.8 Å². The molecule has 0 fully saturated rings. The van der Waals surface area contributed by atoms with Crippen molar-refractivity contribution in [3.63, 3.8) is 0 Å². The zero-order valence-electron chi connectivity index (χ0n) is 14.1. The molecule has 3 aromatic carbocycles. The lowest BCUT2D eigenvalue weighted by atomic mass is 9.88. The molecule has 1 aliphatic rings. The van der Waals surface area contributed by atoms with Gasteiger partial charge in [-0.2, -0.15) is 0 Å². The third-order valence-electron chi connectivity index (χ3n) is 4.97. The van der Waals surface area contributed by atoms with E-state index < -0.39 is 0 Å². The minimum absolute atomic E-state index is 0. The van der Waals surface area contributed by atoms with Crippen LogP contribution in [0.3, 0.4) is 0 Å². The van der Waals surface area contributed by atoms with Crippen LogP contribution in [0.15, 0.2) is 84.0 Å². The van der Waals surface area contributed by atoms with Crippen LogP contribution in [0.2, 0.25) is 0 Å². The number of benzene rings is 3. The fraction of sp³-hybridized carbons (Fsp3) is 0.130. The molecule has 0 saturated heterocycles. The minimum atomic E-state index is 0. The van der Waals surface area contributed by atoms with E-state index in [1.807, 2.05) is 0 Å². The van der Waals surface area contributed by atoms with Crippen LogP contribution < -0.4 is 0 Å². The number of fused-ring (bicyclic) bond motifs is 1. The summed E-state index contributed by atoms with van der Waals surface area (Å²) in [5.74, 6) is 0. The molecule has 3 aromatic rings. The lowest BCUT2D eigenvalue weighted by Crippen LogP contribution is -1.92. The summed E-state index contributed by atoms with van der Waals surface area (Å²) in [4.78, 5) is 0. The quantitative estimate of drug-likeness (QED) is 0.572. The van der Waals surface area contributed by atoms with Gasteiger partial charge >= 0.3 is 0 Å². The van der Waals surface area contributed by atoms with Crippen LogP contribution in [0, 0.1) is 0 Å². The average molecular weight is 314 g/mol. The smallest absolute Gasteiger partial charge is 0.00299 e. The Kier molecular flexibility index (Phi) is 4.37. The van der Waals surface area contributed by atoms with E-state index in [9.17, 15) is 0 Å². The molecule has 0 aromatic heterocycles. The highest BCUT2D eigenvalue weighted by atomic mass is 16.0. The van der Waals surface area contributed by atoms with Crippen molar-refractivity contribution in [2.45, 2.75) is 20.3 Å². The van der Waals surface area contributed by atoms with Gasteiger partial charge in [-0.15, -0.1) is 0 Å². The van der Waals surface area contributed by atoms with Gasteiger partial charge in [0.15, 0.2) is 0 Å². The Hall–Kier alpha value is -2.64. The molecule has 4 rings (SSSR count). The van der Waals surface area contributed by atoms with Crippen LogP contribution in [0.5, 0.6) is 0 Å². The maximum absolute atomic E-state index is 2.34. The van der Waals surface area contributed by atoms with Crippen molar-refractivity contribution in [2.75, 3.05) is 0 Å². The second-order valence-electron chi connectivity index (χ2n) is 6.27. The predicted molar refractivity (Wildman–Crippen MR) is 104 cm³/mol. The van der Waals surface area contributed by atoms with E-state index >= 15 is 0 Å². The molecule has 0 atom stereocenters. The Morgan fingerprint density at radius 3 is 2.17 bits per heavy atom. The minimum Gasteiger partial charge on any atom is -0.412 e. The standard InChI is InChI=1S/C23H20.H2O/c1-16-12-14-20(17(16)2)22-15-13-18-8-6-7-11-21(18)23(22)19-9-4-3-5-10-19;/h3-13,15H,14H2,1-2H3;1H2. The van der Waals surface area contributed by atoms with E-state index in [0.29, 0.717) is 0 Å². The van der Waals surface area contributed by atoms with Crippen molar-refractivity contribution in [3.8, 4) is 11.1 Å². The molecule has 1 nitrogen and oxygen atoms in total.